The second kappa shape index (κ2) is 8.93. The van der Waals surface area contributed by atoms with Gasteiger partial charge in [0.15, 0.2) is 20.8 Å². The summed E-state index contributed by atoms with van der Waals surface area (Å²) in [7, 11) is -0.251. The van der Waals surface area contributed by atoms with Crippen molar-refractivity contribution in [2.24, 2.45) is 0 Å². The third-order valence-corrected chi connectivity index (χ3v) is 6.13. The highest BCUT2D eigenvalue weighted by Gasteiger charge is 2.28. The summed E-state index contributed by atoms with van der Waals surface area (Å²) in [4.78, 5) is 15.8. The normalized spacial score (nSPS) is 11.4. The largest absolute Gasteiger partial charge is 0.441 e. The molecular weight excluding hydrogens is 352 g/mol. The molecule has 0 amide bonds. The van der Waals surface area contributed by atoms with Crippen molar-refractivity contribution in [3.8, 4) is 12.3 Å². The quantitative estimate of drug-likeness (QED) is 0.260. The van der Waals surface area contributed by atoms with Gasteiger partial charge in [-0.1, -0.05) is 48.9 Å². The standard InChI is InChI=1S/C24H19O2S/c1-3-20(4-2)26-24(25)19-15-17-23(18-16-19)27(21-11-7-5-8-12-21)22-13-9-6-10-14-22/h1,4-18,20H,2H2/q+1. The van der Waals surface area contributed by atoms with E-state index in [1.807, 2.05) is 48.5 Å². The molecule has 0 radical (unpaired) electrons. The molecule has 0 saturated heterocycles. The van der Waals surface area contributed by atoms with Crippen LogP contribution in [0.5, 0.6) is 0 Å². The van der Waals surface area contributed by atoms with Crippen molar-refractivity contribution in [2.45, 2.75) is 20.8 Å². The molecule has 0 aromatic heterocycles. The minimum absolute atomic E-state index is 0.251. The first-order chi connectivity index (χ1) is 13.2. The monoisotopic (exact) mass is 371 g/mol. The molecule has 0 aliphatic rings. The first kappa shape index (κ1) is 18.6. The highest BCUT2D eigenvalue weighted by Crippen LogP contribution is 2.31. The Labute approximate surface area is 162 Å². The summed E-state index contributed by atoms with van der Waals surface area (Å²) in [5.74, 6) is 1.91. The molecule has 0 fully saturated rings. The van der Waals surface area contributed by atoms with Crippen LogP contribution in [0.15, 0.2) is 112 Å². The van der Waals surface area contributed by atoms with Crippen molar-refractivity contribution < 1.29 is 9.53 Å². The molecule has 132 valence electrons. The van der Waals surface area contributed by atoms with Crippen molar-refractivity contribution in [1.29, 1.82) is 0 Å². The Balaban J connectivity index is 1.92. The summed E-state index contributed by atoms with van der Waals surface area (Å²) < 4.78 is 5.21. The van der Waals surface area contributed by atoms with E-state index in [-0.39, 0.29) is 10.9 Å². The summed E-state index contributed by atoms with van der Waals surface area (Å²) >= 11 is 0. The SMILES string of the molecule is C#CC(C=C)OC(=O)c1ccc([S+](c2ccccc2)c2ccccc2)cc1. The molecule has 1 atom stereocenters. The van der Waals surface area contributed by atoms with Gasteiger partial charge in [0.1, 0.15) is 0 Å². The maximum atomic E-state index is 12.2. The van der Waals surface area contributed by atoms with Crippen LogP contribution in [0.3, 0.4) is 0 Å². The third kappa shape index (κ3) is 4.49. The number of hydrogen-bond acceptors (Lipinski definition) is 2. The fraction of sp³-hybridized carbons (Fsp3) is 0.0417. The fourth-order valence-electron chi connectivity index (χ4n) is 2.58. The lowest BCUT2D eigenvalue weighted by Crippen LogP contribution is -2.14. The maximum Gasteiger partial charge on any atom is 0.339 e. The van der Waals surface area contributed by atoms with Crippen LogP contribution in [0.1, 0.15) is 10.4 Å². The topological polar surface area (TPSA) is 26.3 Å². The van der Waals surface area contributed by atoms with E-state index in [1.165, 1.54) is 15.9 Å². The summed E-state index contributed by atoms with van der Waals surface area (Å²) in [6.07, 6.45) is 6.01. The lowest BCUT2D eigenvalue weighted by molar-refractivity contribution is 0.0475. The predicted molar refractivity (Wildman–Crippen MR) is 110 cm³/mol. The van der Waals surface area contributed by atoms with E-state index in [4.69, 9.17) is 11.2 Å². The fourth-order valence-corrected chi connectivity index (χ4v) is 4.67. The van der Waals surface area contributed by atoms with Crippen LogP contribution < -0.4 is 0 Å². The molecule has 0 aliphatic carbocycles. The first-order valence-corrected chi connectivity index (χ1v) is 9.69. The van der Waals surface area contributed by atoms with E-state index in [0.717, 1.165) is 4.90 Å². The van der Waals surface area contributed by atoms with Gasteiger partial charge in [-0.05, 0) is 54.6 Å². The van der Waals surface area contributed by atoms with Crippen LogP contribution >= 0.6 is 0 Å². The number of carbonyl (C=O) groups excluding carboxylic acids is 1. The number of ether oxygens (including phenoxy) is 1. The van der Waals surface area contributed by atoms with Crippen molar-refractivity contribution in [2.75, 3.05) is 0 Å². The Morgan fingerprint density at radius 3 is 1.81 bits per heavy atom. The van der Waals surface area contributed by atoms with E-state index >= 15 is 0 Å². The average Bonchev–Trinajstić information content (AvgIpc) is 2.74. The molecule has 0 heterocycles. The van der Waals surface area contributed by atoms with Crippen molar-refractivity contribution in [3.05, 3.63) is 103 Å². The predicted octanol–water partition coefficient (Wildman–Crippen LogP) is 5.13. The Kier molecular flexibility index (Phi) is 6.14. The lowest BCUT2D eigenvalue weighted by atomic mass is 10.2. The zero-order valence-corrected chi connectivity index (χ0v) is 15.6. The van der Waals surface area contributed by atoms with Gasteiger partial charge in [0.05, 0.1) is 16.5 Å². The van der Waals surface area contributed by atoms with Gasteiger partial charge in [0, 0.05) is 0 Å². The molecule has 3 aromatic carbocycles. The number of esters is 1. The molecule has 3 rings (SSSR count). The lowest BCUT2D eigenvalue weighted by Gasteiger charge is -2.10. The molecule has 0 aliphatic heterocycles. The molecule has 0 N–H and O–H groups in total. The number of carbonyl (C=O) groups is 1. The number of terminal acetylenes is 1. The number of hydrogen-bond donors (Lipinski definition) is 0. The van der Waals surface area contributed by atoms with E-state index in [1.54, 1.807) is 12.1 Å². The van der Waals surface area contributed by atoms with Crippen molar-refractivity contribution in [3.63, 3.8) is 0 Å². The summed E-state index contributed by atoms with van der Waals surface area (Å²) in [6, 6.07) is 28.2. The minimum Gasteiger partial charge on any atom is -0.441 e. The maximum absolute atomic E-state index is 12.2. The molecule has 3 heteroatoms. The van der Waals surface area contributed by atoms with E-state index in [2.05, 4.69) is 36.8 Å². The summed E-state index contributed by atoms with van der Waals surface area (Å²) in [6.45, 7) is 3.56. The molecule has 3 aromatic rings. The summed E-state index contributed by atoms with van der Waals surface area (Å²) in [5, 5.41) is 0. The molecule has 0 spiro atoms. The van der Waals surface area contributed by atoms with E-state index in [9.17, 15) is 4.79 Å². The van der Waals surface area contributed by atoms with E-state index < -0.39 is 12.1 Å². The van der Waals surface area contributed by atoms with E-state index in [0.29, 0.717) is 5.56 Å². The highest BCUT2D eigenvalue weighted by molar-refractivity contribution is 7.97. The molecular formula is C24H19O2S+. The zero-order valence-electron chi connectivity index (χ0n) is 14.7. The second-order valence-corrected chi connectivity index (χ2v) is 7.71. The van der Waals surface area contributed by atoms with Crippen LogP contribution in [0.2, 0.25) is 0 Å². The highest BCUT2D eigenvalue weighted by atomic mass is 32.2. The Hall–Kier alpha value is -3.22. The Bertz CT molecular complexity index is 902. The summed E-state index contributed by atoms with van der Waals surface area (Å²) in [5.41, 5.74) is 0.463. The number of rotatable bonds is 6. The van der Waals surface area contributed by atoms with Gasteiger partial charge < -0.3 is 4.74 Å². The van der Waals surface area contributed by atoms with Gasteiger partial charge in [-0.25, -0.2) is 4.79 Å². The molecule has 1 unspecified atom stereocenters. The minimum atomic E-state index is -0.722. The second-order valence-electron chi connectivity index (χ2n) is 5.68. The van der Waals surface area contributed by atoms with Crippen LogP contribution in [-0.4, -0.2) is 12.1 Å². The van der Waals surface area contributed by atoms with Crippen molar-refractivity contribution in [1.82, 2.24) is 0 Å². The smallest absolute Gasteiger partial charge is 0.339 e. The van der Waals surface area contributed by atoms with Crippen LogP contribution in [-0.2, 0) is 15.6 Å². The molecule has 0 saturated carbocycles. The van der Waals surface area contributed by atoms with Gasteiger partial charge in [-0.2, -0.15) is 0 Å². The van der Waals surface area contributed by atoms with Gasteiger partial charge in [0.25, 0.3) is 0 Å². The van der Waals surface area contributed by atoms with Crippen molar-refractivity contribution >= 4 is 16.9 Å². The third-order valence-electron chi connectivity index (χ3n) is 3.90. The van der Waals surface area contributed by atoms with Gasteiger partial charge in [-0.15, -0.1) is 6.42 Å². The van der Waals surface area contributed by atoms with Crippen LogP contribution in [0.4, 0.5) is 0 Å². The Morgan fingerprint density at radius 1 is 0.889 bits per heavy atom. The van der Waals surface area contributed by atoms with Gasteiger partial charge >= 0.3 is 5.97 Å². The molecule has 2 nitrogen and oxygen atoms in total. The van der Waals surface area contributed by atoms with Gasteiger partial charge in [0.2, 0.25) is 0 Å². The van der Waals surface area contributed by atoms with Crippen LogP contribution in [0, 0.1) is 12.3 Å². The zero-order chi connectivity index (χ0) is 19.1. The van der Waals surface area contributed by atoms with Crippen LogP contribution in [0.25, 0.3) is 0 Å². The molecule has 0 bridgehead atoms. The number of benzene rings is 3. The first-order valence-electron chi connectivity index (χ1n) is 8.47. The Morgan fingerprint density at radius 2 is 1.37 bits per heavy atom. The average molecular weight is 371 g/mol. The van der Waals surface area contributed by atoms with Gasteiger partial charge in [-0.3, -0.25) is 0 Å². The molecule has 27 heavy (non-hydrogen) atoms.